The number of amidine groups is 1. The number of hydrogen-bond acceptors (Lipinski definition) is 4. The van der Waals surface area contributed by atoms with Crippen molar-refractivity contribution in [1.29, 1.82) is 0 Å². The Kier molecular flexibility index (Phi) is 3.18. The second-order valence-electron chi connectivity index (χ2n) is 3.90. The van der Waals surface area contributed by atoms with Crippen LogP contribution >= 0.6 is 0 Å². The van der Waals surface area contributed by atoms with Gasteiger partial charge in [0.05, 0.1) is 5.69 Å². The third kappa shape index (κ3) is 2.00. The van der Waals surface area contributed by atoms with Gasteiger partial charge < -0.3 is 20.4 Å². The van der Waals surface area contributed by atoms with Crippen LogP contribution in [0, 0.1) is 0 Å². The molecular weight excluding hydrogens is 230 g/mol. The van der Waals surface area contributed by atoms with Crippen LogP contribution in [-0.2, 0) is 7.05 Å². The number of aryl methyl sites for hydroxylation is 1. The number of imidazole rings is 1. The highest BCUT2D eigenvalue weighted by Gasteiger charge is 2.14. The molecule has 2 rings (SSSR count). The van der Waals surface area contributed by atoms with Gasteiger partial charge in [0.2, 0.25) is 5.95 Å². The van der Waals surface area contributed by atoms with Gasteiger partial charge in [-0.05, 0) is 12.1 Å². The van der Waals surface area contributed by atoms with Crippen LogP contribution in [0.4, 0.5) is 11.6 Å². The van der Waals surface area contributed by atoms with E-state index in [0.717, 1.165) is 11.6 Å². The Morgan fingerprint density at radius 2 is 2.17 bits per heavy atom. The first kappa shape index (κ1) is 12.0. The van der Waals surface area contributed by atoms with Crippen LogP contribution in [0.3, 0.4) is 0 Å². The van der Waals surface area contributed by atoms with Crippen LogP contribution in [0.15, 0.2) is 41.8 Å². The largest absolute Gasteiger partial charge is 0.409 e. The molecular formula is C12H15N5O. The van der Waals surface area contributed by atoms with Crippen LogP contribution in [-0.4, -0.2) is 27.6 Å². The van der Waals surface area contributed by atoms with Crippen molar-refractivity contribution >= 4 is 17.5 Å². The molecule has 2 aromatic rings. The minimum atomic E-state index is 0.0756. The van der Waals surface area contributed by atoms with Gasteiger partial charge in [0.1, 0.15) is 0 Å². The summed E-state index contributed by atoms with van der Waals surface area (Å²) in [6.45, 7) is 0. The van der Waals surface area contributed by atoms with E-state index in [1.165, 1.54) is 0 Å². The normalized spacial score (nSPS) is 11.6. The summed E-state index contributed by atoms with van der Waals surface area (Å²) in [5, 5.41) is 11.8. The van der Waals surface area contributed by atoms with Gasteiger partial charge in [-0.3, -0.25) is 0 Å². The van der Waals surface area contributed by atoms with E-state index >= 15 is 0 Å². The molecule has 1 heterocycles. The molecule has 18 heavy (non-hydrogen) atoms. The van der Waals surface area contributed by atoms with Gasteiger partial charge in [-0.2, -0.15) is 0 Å². The Morgan fingerprint density at radius 1 is 1.44 bits per heavy atom. The van der Waals surface area contributed by atoms with E-state index in [0.29, 0.717) is 5.56 Å². The Labute approximate surface area is 105 Å². The summed E-state index contributed by atoms with van der Waals surface area (Å²) >= 11 is 0. The number of rotatable bonds is 3. The predicted octanol–water partition coefficient (Wildman–Crippen LogP) is 1.28. The number of benzene rings is 1. The van der Waals surface area contributed by atoms with Crippen LogP contribution in [0.25, 0.3) is 0 Å². The first-order valence-electron chi connectivity index (χ1n) is 5.43. The monoisotopic (exact) mass is 245 g/mol. The maximum atomic E-state index is 8.80. The molecule has 3 N–H and O–H groups in total. The average molecular weight is 245 g/mol. The molecule has 0 aliphatic heterocycles. The van der Waals surface area contributed by atoms with Crippen molar-refractivity contribution in [3.8, 4) is 0 Å². The first-order chi connectivity index (χ1) is 8.65. The summed E-state index contributed by atoms with van der Waals surface area (Å²) in [7, 11) is 3.79. The maximum absolute atomic E-state index is 8.80. The lowest BCUT2D eigenvalue weighted by molar-refractivity contribution is 0.318. The molecule has 0 amide bonds. The zero-order valence-electron chi connectivity index (χ0n) is 10.3. The van der Waals surface area contributed by atoms with Gasteiger partial charge in [-0.15, -0.1) is 0 Å². The van der Waals surface area contributed by atoms with Crippen LogP contribution in [0.1, 0.15) is 5.56 Å². The number of para-hydroxylation sites is 1. The maximum Gasteiger partial charge on any atom is 0.209 e. The molecule has 0 aliphatic carbocycles. The van der Waals surface area contributed by atoms with Crippen LogP contribution in [0.2, 0.25) is 0 Å². The predicted molar refractivity (Wildman–Crippen MR) is 70.2 cm³/mol. The average Bonchev–Trinajstić information content (AvgIpc) is 2.83. The number of nitrogens with zero attached hydrogens (tertiary/aromatic N) is 4. The second kappa shape index (κ2) is 4.79. The van der Waals surface area contributed by atoms with Gasteiger partial charge in [0, 0.05) is 32.1 Å². The molecule has 0 fully saturated rings. The summed E-state index contributed by atoms with van der Waals surface area (Å²) in [6.07, 6.45) is 3.58. The smallest absolute Gasteiger partial charge is 0.209 e. The van der Waals surface area contributed by atoms with Crippen molar-refractivity contribution in [1.82, 2.24) is 9.55 Å². The molecule has 0 saturated heterocycles. The first-order valence-corrected chi connectivity index (χ1v) is 5.43. The van der Waals surface area contributed by atoms with Gasteiger partial charge >= 0.3 is 0 Å². The molecule has 6 heteroatoms. The molecule has 0 saturated carbocycles. The Hall–Kier alpha value is -2.50. The molecule has 94 valence electrons. The minimum Gasteiger partial charge on any atom is -0.409 e. The molecule has 0 unspecified atom stereocenters. The quantitative estimate of drug-likeness (QED) is 0.369. The molecule has 0 radical (unpaired) electrons. The molecule has 6 nitrogen and oxygen atoms in total. The van der Waals surface area contributed by atoms with Gasteiger partial charge in [0.25, 0.3) is 0 Å². The van der Waals surface area contributed by atoms with Gasteiger partial charge in [-0.1, -0.05) is 17.3 Å². The van der Waals surface area contributed by atoms with Crippen LogP contribution < -0.4 is 10.6 Å². The minimum absolute atomic E-state index is 0.0756. The zero-order chi connectivity index (χ0) is 13.1. The standard InChI is InChI=1S/C12H15N5O/c1-16-8-7-14-12(16)17(2)10-6-4-3-5-9(10)11(13)15-18/h3-8,18H,1-2H3,(H2,13,15). The molecule has 0 bridgehead atoms. The summed E-state index contributed by atoms with van der Waals surface area (Å²) in [5.41, 5.74) is 7.15. The van der Waals surface area contributed by atoms with Crippen molar-refractivity contribution in [2.75, 3.05) is 11.9 Å². The summed E-state index contributed by atoms with van der Waals surface area (Å²) in [6, 6.07) is 7.41. The van der Waals surface area contributed by atoms with Crippen molar-refractivity contribution in [2.24, 2.45) is 17.9 Å². The lowest BCUT2D eigenvalue weighted by atomic mass is 10.1. The fraction of sp³-hybridized carbons (Fsp3) is 0.167. The third-order valence-corrected chi connectivity index (χ3v) is 2.74. The van der Waals surface area contributed by atoms with Crippen molar-refractivity contribution in [3.63, 3.8) is 0 Å². The summed E-state index contributed by atoms with van der Waals surface area (Å²) in [5.74, 6) is 0.847. The zero-order valence-corrected chi connectivity index (χ0v) is 10.3. The van der Waals surface area contributed by atoms with E-state index in [9.17, 15) is 0 Å². The van der Waals surface area contributed by atoms with E-state index < -0.39 is 0 Å². The lowest BCUT2D eigenvalue weighted by Gasteiger charge is -2.21. The number of anilines is 2. The highest BCUT2D eigenvalue weighted by molar-refractivity contribution is 6.02. The topological polar surface area (TPSA) is 79.7 Å². The molecule has 0 atom stereocenters. The van der Waals surface area contributed by atoms with Crippen LogP contribution in [0.5, 0.6) is 0 Å². The number of hydrogen-bond donors (Lipinski definition) is 2. The van der Waals surface area contributed by atoms with Gasteiger partial charge in [0.15, 0.2) is 5.84 Å². The summed E-state index contributed by atoms with van der Waals surface area (Å²) in [4.78, 5) is 6.15. The van der Waals surface area contributed by atoms with E-state index in [1.54, 1.807) is 12.3 Å². The highest BCUT2D eigenvalue weighted by Crippen LogP contribution is 2.25. The SMILES string of the molecule is CN(c1ccccc1C(N)=NO)c1nccn1C. The van der Waals surface area contributed by atoms with Crippen molar-refractivity contribution in [3.05, 3.63) is 42.2 Å². The van der Waals surface area contributed by atoms with E-state index in [2.05, 4.69) is 10.1 Å². The second-order valence-corrected chi connectivity index (χ2v) is 3.90. The Bertz CT molecular complexity index is 575. The highest BCUT2D eigenvalue weighted by atomic mass is 16.4. The number of aromatic nitrogens is 2. The molecule has 0 spiro atoms. The molecule has 1 aromatic carbocycles. The van der Waals surface area contributed by atoms with Crippen molar-refractivity contribution < 1.29 is 5.21 Å². The number of oxime groups is 1. The Morgan fingerprint density at radius 3 is 2.78 bits per heavy atom. The molecule has 0 aliphatic rings. The lowest BCUT2D eigenvalue weighted by Crippen LogP contribution is -2.21. The van der Waals surface area contributed by atoms with E-state index in [4.69, 9.17) is 10.9 Å². The van der Waals surface area contributed by atoms with Crippen molar-refractivity contribution in [2.45, 2.75) is 0 Å². The number of nitrogens with two attached hydrogens (primary N) is 1. The third-order valence-electron chi connectivity index (χ3n) is 2.74. The van der Waals surface area contributed by atoms with Gasteiger partial charge in [-0.25, -0.2) is 4.98 Å². The van der Waals surface area contributed by atoms with E-state index in [1.807, 2.05) is 48.0 Å². The molecule has 1 aromatic heterocycles. The fourth-order valence-electron chi connectivity index (χ4n) is 1.83. The summed E-state index contributed by atoms with van der Waals surface area (Å²) < 4.78 is 1.89. The van der Waals surface area contributed by atoms with E-state index in [-0.39, 0.29) is 5.84 Å². The fourth-order valence-corrected chi connectivity index (χ4v) is 1.83. The Balaban J connectivity index is 2.49.